The van der Waals surface area contributed by atoms with Crippen molar-refractivity contribution in [2.24, 2.45) is 0 Å². The summed E-state index contributed by atoms with van der Waals surface area (Å²) in [5.74, 6) is 2.48. The molecule has 0 radical (unpaired) electrons. The molecule has 0 unspecified atom stereocenters. The van der Waals surface area contributed by atoms with Crippen molar-refractivity contribution in [2.45, 2.75) is 6.54 Å². The van der Waals surface area contributed by atoms with Gasteiger partial charge in [0.2, 0.25) is 0 Å². The summed E-state index contributed by atoms with van der Waals surface area (Å²) in [7, 11) is 0. The Morgan fingerprint density at radius 1 is 1.21 bits per heavy atom. The maximum absolute atomic E-state index is 11.5. The minimum Gasteiger partial charge on any atom is -0.297 e. The SMILES string of the molecule is C#CCn1c(=O)ccc2ccccc21. The van der Waals surface area contributed by atoms with Crippen LogP contribution in [0.1, 0.15) is 0 Å². The lowest BCUT2D eigenvalue weighted by Crippen LogP contribution is -2.18. The van der Waals surface area contributed by atoms with Gasteiger partial charge < -0.3 is 0 Å². The zero-order chi connectivity index (χ0) is 9.97. The Bertz CT molecular complexity index is 560. The lowest BCUT2D eigenvalue weighted by molar-refractivity contribution is 0.836. The van der Waals surface area contributed by atoms with Crippen molar-refractivity contribution >= 4 is 10.9 Å². The lowest BCUT2D eigenvalue weighted by Gasteiger charge is -2.05. The molecule has 2 rings (SSSR count). The Labute approximate surface area is 81.8 Å². The third-order valence-electron chi connectivity index (χ3n) is 2.15. The highest BCUT2D eigenvalue weighted by Gasteiger charge is 1.99. The number of rotatable bonds is 1. The zero-order valence-corrected chi connectivity index (χ0v) is 7.60. The van der Waals surface area contributed by atoms with Gasteiger partial charge in [0.25, 0.3) is 5.56 Å². The molecule has 14 heavy (non-hydrogen) atoms. The number of hydrogen-bond acceptors (Lipinski definition) is 1. The van der Waals surface area contributed by atoms with Crippen LogP contribution in [-0.4, -0.2) is 4.57 Å². The Balaban J connectivity index is 2.84. The van der Waals surface area contributed by atoms with Gasteiger partial charge in [-0.25, -0.2) is 0 Å². The summed E-state index contributed by atoms with van der Waals surface area (Å²) in [5.41, 5.74) is 0.833. The average Bonchev–Trinajstić information content (AvgIpc) is 2.23. The molecule has 1 aromatic carbocycles. The molecule has 2 aromatic rings. The van der Waals surface area contributed by atoms with E-state index in [0.717, 1.165) is 10.9 Å². The molecule has 2 heteroatoms. The highest BCUT2D eigenvalue weighted by atomic mass is 16.1. The smallest absolute Gasteiger partial charge is 0.251 e. The van der Waals surface area contributed by atoms with Crippen LogP contribution < -0.4 is 5.56 Å². The zero-order valence-electron chi connectivity index (χ0n) is 7.60. The molecule has 0 bridgehead atoms. The van der Waals surface area contributed by atoms with Gasteiger partial charge in [-0.05, 0) is 17.5 Å². The number of pyridine rings is 1. The third kappa shape index (κ3) is 1.29. The second-order valence-corrected chi connectivity index (χ2v) is 3.02. The molecular formula is C12H9NO. The third-order valence-corrected chi connectivity index (χ3v) is 2.15. The molecule has 0 spiro atoms. The maximum atomic E-state index is 11.5. The van der Waals surface area contributed by atoms with Crippen molar-refractivity contribution in [3.8, 4) is 12.3 Å². The second kappa shape index (κ2) is 3.39. The molecule has 0 aliphatic heterocycles. The van der Waals surface area contributed by atoms with Crippen molar-refractivity contribution < 1.29 is 0 Å². The molecule has 0 N–H and O–H groups in total. The van der Waals surface area contributed by atoms with Crippen molar-refractivity contribution in [1.29, 1.82) is 0 Å². The monoisotopic (exact) mass is 183 g/mol. The number of benzene rings is 1. The summed E-state index contributed by atoms with van der Waals surface area (Å²) in [6.07, 6.45) is 5.21. The van der Waals surface area contributed by atoms with Crippen molar-refractivity contribution in [3.63, 3.8) is 0 Å². The molecule has 0 atom stereocenters. The largest absolute Gasteiger partial charge is 0.297 e. The minimum absolute atomic E-state index is 0.0540. The topological polar surface area (TPSA) is 22.0 Å². The molecule has 1 aromatic heterocycles. The molecule has 0 fully saturated rings. The van der Waals surface area contributed by atoms with Gasteiger partial charge in [0.15, 0.2) is 0 Å². The van der Waals surface area contributed by atoms with E-state index in [1.54, 1.807) is 10.6 Å². The first-order chi connectivity index (χ1) is 6.83. The van der Waals surface area contributed by atoms with Crippen LogP contribution in [0.15, 0.2) is 41.2 Å². The fourth-order valence-electron chi connectivity index (χ4n) is 1.50. The Hall–Kier alpha value is -2.01. The van der Waals surface area contributed by atoms with Gasteiger partial charge in [-0.2, -0.15) is 0 Å². The van der Waals surface area contributed by atoms with Crippen LogP contribution in [0.2, 0.25) is 0 Å². The molecule has 0 aliphatic rings. The Morgan fingerprint density at radius 3 is 2.79 bits per heavy atom. The minimum atomic E-state index is -0.0540. The molecular weight excluding hydrogens is 174 g/mol. The van der Waals surface area contributed by atoms with E-state index < -0.39 is 0 Å². The molecule has 68 valence electrons. The normalized spacial score (nSPS) is 9.93. The summed E-state index contributed by atoms with van der Waals surface area (Å²) in [6.45, 7) is 0.320. The van der Waals surface area contributed by atoms with Crippen LogP contribution in [0.4, 0.5) is 0 Å². The molecule has 2 nitrogen and oxygen atoms in total. The average molecular weight is 183 g/mol. The van der Waals surface area contributed by atoms with Gasteiger partial charge in [0.05, 0.1) is 12.1 Å². The van der Waals surface area contributed by atoms with Crippen molar-refractivity contribution in [2.75, 3.05) is 0 Å². The maximum Gasteiger partial charge on any atom is 0.251 e. The first-order valence-corrected chi connectivity index (χ1v) is 4.35. The Morgan fingerprint density at radius 2 is 2.00 bits per heavy atom. The number of fused-ring (bicyclic) bond motifs is 1. The van der Waals surface area contributed by atoms with E-state index >= 15 is 0 Å². The highest BCUT2D eigenvalue weighted by Crippen LogP contribution is 2.10. The lowest BCUT2D eigenvalue weighted by atomic mass is 10.2. The van der Waals surface area contributed by atoms with E-state index in [-0.39, 0.29) is 5.56 Å². The fourth-order valence-corrected chi connectivity index (χ4v) is 1.50. The van der Waals surface area contributed by atoms with Gasteiger partial charge in [-0.1, -0.05) is 24.1 Å². The van der Waals surface area contributed by atoms with Gasteiger partial charge in [0.1, 0.15) is 0 Å². The standard InChI is InChI=1S/C12H9NO/c1-2-9-13-11-6-4-3-5-10(11)7-8-12(13)14/h1,3-8H,9H2. The highest BCUT2D eigenvalue weighted by molar-refractivity contribution is 5.78. The number of nitrogens with zero attached hydrogens (tertiary/aromatic N) is 1. The quantitative estimate of drug-likeness (QED) is 0.616. The molecule has 0 saturated heterocycles. The van der Waals surface area contributed by atoms with Crippen LogP contribution in [0, 0.1) is 12.3 Å². The van der Waals surface area contributed by atoms with E-state index in [9.17, 15) is 4.79 Å². The summed E-state index contributed by atoms with van der Waals surface area (Å²) < 4.78 is 1.59. The molecule has 0 saturated carbocycles. The van der Waals surface area contributed by atoms with Gasteiger partial charge >= 0.3 is 0 Å². The number of hydrogen-bond donors (Lipinski definition) is 0. The first kappa shape index (κ1) is 8.58. The van der Waals surface area contributed by atoms with Crippen LogP contribution in [-0.2, 0) is 6.54 Å². The second-order valence-electron chi connectivity index (χ2n) is 3.02. The van der Waals surface area contributed by atoms with E-state index in [4.69, 9.17) is 6.42 Å². The van der Waals surface area contributed by atoms with Crippen molar-refractivity contribution in [1.82, 2.24) is 4.57 Å². The predicted octanol–water partition coefficient (Wildman–Crippen LogP) is 1.63. The molecule has 1 heterocycles. The Kier molecular flexibility index (Phi) is 2.08. The van der Waals surface area contributed by atoms with Crippen LogP contribution >= 0.6 is 0 Å². The van der Waals surface area contributed by atoms with E-state index in [2.05, 4.69) is 5.92 Å². The van der Waals surface area contributed by atoms with Crippen LogP contribution in [0.5, 0.6) is 0 Å². The number of para-hydroxylation sites is 1. The summed E-state index contributed by atoms with van der Waals surface area (Å²) >= 11 is 0. The predicted molar refractivity (Wildman–Crippen MR) is 57.0 cm³/mol. The molecule has 0 amide bonds. The number of terminal acetylenes is 1. The van der Waals surface area contributed by atoms with E-state index in [1.807, 2.05) is 30.3 Å². The van der Waals surface area contributed by atoms with Gasteiger partial charge in [-0.15, -0.1) is 6.42 Å². The van der Waals surface area contributed by atoms with Gasteiger partial charge in [-0.3, -0.25) is 9.36 Å². The van der Waals surface area contributed by atoms with E-state index in [1.165, 1.54) is 0 Å². The number of aromatic nitrogens is 1. The molecule has 0 aliphatic carbocycles. The first-order valence-electron chi connectivity index (χ1n) is 4.35. The summed E-state index contributed by atoms with van der Waals surface area (Å²) in [5, 5.41) is 1.03. The van der Waals surface area contributed by atoms with Crippen LogP contribution in [0.3, 0.4) is 0 Å². The van der Waals surface area contributed by atoms with Crippen LogP contribution in [0.25, 0.3) is 10.9 Å². The summed E-state index contributed by atoms with van der Waals surface area (Å²) in [4.78, 5) is 11.5. The fraction of sp³-hybridized carbons (Fsp3) is 0.0833. The van der Waals surface area contributed by atoms with E-state index in [0.29, 0.717) is 6.54 Å². The van der Waals surface area contributed by atoms with Gasteiger partial charge in [0, 0.05) is 6.07 Å². The summed E-state index contributed by atoms with van der Waals surface area (Å²) in [6, 6.07) is 11.0. The van der Waals surface area contributed by atoms with Crippen molar-refractivity contribution in [3.05, 3.63) is 46.8 Å².